The van der Waals surface area contributed by atoms with Gasteiger partial charge in [-0.3, -0.25) is 0 Å². The molecule has 0 bridgehead atoms. The quantitative estimate of drug-likeness (QED) is 0.119. The number of anilines is 4. The zero-order chi connectivity index (χ0) is 53.4. The molecule has 0 fully saturated rings. The number of allylic oxidation sites excluding steroid dienone is 17. The van der Waals surface area contributed by atoms with E-state index in [4.69, 9.17) is 0 Å². The van der Waals surface area contributed by atoms with Gasteiger partial charge in [0.05, 0.1) is 0 Å². The van der Waals surface area contributed by atoms with Gasteiger partial charge >= 0.3 is 0 Å². The monoisotopic (exact) mass is 1020 g/mol. The molecule has 10 aromatic rings. The van der Waals surface area contributed by atoms with Gasteiger partial charge < -0.3 is 9.80 Å². The van der Waals surface area contributed by atoms with Crippen LogP contribution >= 0.6 is 0 Å². The highest BCUT2D eigenvalue weighted by atomic mass is 15.1. The summed E-state index contributed by atoms with van der Waals surface area (Å²) < 4.78 is 0. The molecule has 0 saturated heterocycles. The standard InChI is InChI=1S/C78H60N2/c1-54-17-8-9-18-55(54)29-16-48-79(68-41-38-58-23-10-13-26-65(58)49-68)69-44-46-73-75(52-69)77(63-34-30-61(31-35-63)56-19-4-2-5-20-56)74-47-45-72(53-76(74)78(73)64-36-32-62(33-37-64)57-21-6-3-7-22-57)80(70-42-39-59-24-11-14-27-66(59)50-70)71-43-40-60-25-12-15-28-67(60)51-71/h2-6,8-21,23-32,34-36,38-48,50-53,65H,1,7,22,33,37,49H2/b48-16+,55-29-. The van der Waals surface area contributed by atoms with Gasteiger partial charge in [-0.25, -0.2) is 0 Å². The zero-order valence-corrected chi connectivity index (χ0v) is 44.8. The fraction of sp³-hybridized carbons (Fsp3) is 0.0769. The summed E-state index contributed by atoms with van der Waals surface area (Å²) in [7, 11) is 0. The molecule has 0 saturated carbocycles. The highest BCUT2D eigenvalue weighted by Gasteiger charge is 2.26. The Kier molecular flexibility index (Phi) is 12.9. The average Bonchev–Trinajstić information content (AvgIpc) is 3.71. The minimum Gasteiger partial charge on any atom is -0.321 e. The molecule has 1 unspecified atom stereocenters. The van der Waals surface area contributed by atoms with E-state index in [2.05, 4.69) is 302 Å². The predicted molar refractivity (Wildman–Crippen MR) is 344 cm³/mol. The van der Waals surface area contributed by atoms with Crippen molar-refractivity contribution in [2.45, 2.75) is 32.1 Å². The lowest BCUT2D eigenvalue weighted by Gasteiger charge is -2.31. The second kappa shape index (κ2) is 21.2. The van der Waals surface area contributed by atoms with Gasteiger partial charge in [0.25, 0.3) is 0 Å². The van der Waals surface area contributed by atoms with Crippen LogP contribution in [0.2, 0.25) is 0 Å². The van der Waals surface area contributed by atoms with Crippen LogP contribution in [0.5, 0.6) is 0 Å². The number of benzene rings is 10. The van der Waals surface area contributed by atoms with E-state index in [1.807, 2.05) is 0 Å². The molecule has 4 aliphatic rings. The molecular weight excluding hydrogens is 965 g/mol. The van der Waals surface area contributed by atoms with Crippen LogP contribution < -0.4 is 20.2 Å². The van der Waals surface area contributed by atoms with Crippen molar-refractivity contribution in [3.63, 3.8) is 0 Å². The molecule has 2 nitrogen and oxygen atoms in total. The normalized spacial score (nSPS) is 16.2. The Balaban J connectivity index is 1.03. The smallest absolute Gasteiger partial charge is 0.0468 e. The summed E-state index contributed by atoms with van der Waals surface area (Å²) in [6, 6.07) is 74.1. The first-order valence-electron chi connectivity index (χ1n) is 28.3. The summed E-state index contributed by atoms with van der Waals surface area (Å²) >= 11 is 0. The lowest BCUT2D eigenvalue weighted by molar-refractivity contribution is 0.731. The van der Waals surface area contributed by atoms with Gasteiger partial charge in [0.1, 0.15) is 0 Å². The average molecular weight is 1030 g/mol. The summed E-state index contributed by atoms with van der Waals surface area (Å²) in [4.78, 5) is 4.88. The van der Waals surface area contributed by atoms with Crippen molar-refractivity contribution in [1.29, 1.82) is 0 Å². The Morgan fingerprint density at radius 3 is 1.76 bits per heavy atom. The van der Waals surface area contributed by atoms with Crippen molar-refractivity contribution < 1.29 is 0 Å². The largest absolute Gasteiger partial charge is 0.321 e. The van der Waals surface area contributed by atoms with Gasteiger partial charge in [-0.05, 0) is 196 Å². The number of rotatable bonds is 11. The molecule has 0 aliphatic heterocycles. The maximum Gasteiger partial charge on any atom is 0.0468 e. The second-order valence-electron chi connectivity index (χ2n) is 21.6. The van der Waals surface area contributed by atoms with Crippen molar-refractivity contribution >= 4 is 84.1 Å². The predicted octanol–water partition coefficient (Wildman–Crippen LogP) is 19.7. The Bertz CT molecular complexity index is 4430. The molecule has 0 aromatic heterocycles. The van der Waals surface area contributed by atoms with E-state index in [1.54, 1.807) is 0 Å². The molecule has 80 heavy (non-hydrogen) atoms. The zero-order valence-electron chi connectivity index (χ0n) is 44.8. The summed E-state index contributed by atoms with van der Waals surface area (Å²) in [6.45, 7) is 4.35. The first-order valence-corrected chi connectivity index (χ1v) is 28.3. The minimum absolute atomic E-state index is 0.310. The summed E-state index contributed by atoms with van der Waals surface area (Å²) in [5.74, 6) is 0.310. The van der Waals surface area contributed by atoms with Crippen molar-refractivity contribution in [3.8, 4) is 22.3 Å². The van der Waals surface area contributed by atoms with Crippen molar-refractivity contribution in [2.75, 3.05) is 9.80 Å². The lowest BCUT2D eigenvalue weighted by atomic mass is 9.81. The first-order chi connectivity index (χ1) is 39.6. The minimum atomic E-state index is 0.310. The molecule has 0 heterocycles. The van der Waals surface area contributed by atoms with E-state index in [-0.39, 0.29) is 0 Å². The number of fused-ring (bicyclic) bond motifs is 5. The van der Waals surface area contributed by atoms with E-state index < -0.39 is 0 Å². The Labute approximate surface area is 469 Å². The van der Waals surface area contributed by atoms with Crippen molar-refractivity contribution in [1.82, 2.24) is 0 Å². The molecule has 1 atom stereocenters. The van der Waals surface area contributed by atoms with Crippen molar-refractivity contribution in [3.05, 3.63) is 318 Å². The summed E-state index contributed by atoms with van der Waals surface area (Å²) in [5, 5.41) is 11.9. The van der Waals surface area contributed by atoms with E-state index in [1.165, 1.54) is 98.9 Å². The summed E-state index contributed by atoms with van der Waals surface area (Å²) in [6.07, 6.45) is 36.9. The third kappa shape index (κ3) is 9.39. The van der Waals surface area contributed by atoms with Gasteiger partial charge in [-0.2, -0.15) is 0 Å². The van der Waals surface area contributed by atoms with Gasteiger partial charge in [0.2, 0.25) is 0 Å². The van der Waals surface area contributed by atoms with Crippen LogP contribution in [0.3, 0.4) is 0 Å². The maximum atomic E-state index is 4.35. The van der Waals surface area contributed by atoms with E-state index in [0.29, 0.717) is 5.92 Å². The molecule has 0 amide bonds. The van der Waals surface area contributed by atoms with E-state index in [0.717, 1.165) is 65.3 Å². The Morgan fingerprint density at radius 2 is 1.04 bits per heavy atom. The Hall–Kier alpha value is -9.76. The molecule has 382 valence electrons. The summed E-state index contributed by atoms with van der Waals surface area (Å²) in [5.41, 5.74) is 17.4. The van der Waals surface area contributed by atoms with Crippen LogP contribution in [0, 0.1) is 5.92 Å². The third-order valence-corrected chi connectivity index (χ3v) is 16.7. The van der Waals surface area contributed by atoms with Crippen LogP contribution in [0.1, 0.15) is 37.7 Å². The van der Waals surface area contributed by atoms with Crippen LogP contribution in [-0.2, 0) is 0 Å². The highest BCUT2D eigenvalue weighted by Crippen LogP contribution is 2.49. The fourth-order valence-electron chi connectivity index (χ4n) is 12.6. The molecule has 0 N–H and O–H groups in total. The van der Waals surface area contributed by atoms with Crippen molar-refractivity contribution in [2.24, 2.45) is 5.92 Å². The Morgan fingerprint density at radius 1 is 0.438 bits per heavy atom. The third-order valence-electron chi connectivity index (χ3n) is 16.7. The van der Waals surface area contributed by atoms with Crippen LogP contribution in [0.15, 0.2) is 302 Å². The van der Waals surface area contributed by atoms with E-state index >= 15 is 0 Å². The number of hydrogen-bond donors (Lipinski definition) is 0. The number of hydrogen-bond acceptors (Lipinski definition) is 2. The van der Waals surface area contributed by atoms with Gasteiger partial charge in [-0.15, -0.1) is 0 Å². The van der Waals surface area contributed by atoms with Crippen LogP contribution in [0.4, 0.5) is 22.7 Å². The van der Waals surface area contributed by atoms with Gasteiger partial charge in [0.15, 0.2) is 0 Å². The fourth-order valence-corrected chi connectivity index (χ4v) is 12.6. The first kappa shape index (κ1) is 48.6. The molecule has 14 rings (SSSR count). The van der Waals surface area contributed by atoms with Crippen LogP contribution in [-0.4, -0.2) is 0 Å². The molecule has 0 spiro atoms. The molecule has 2 heteroatoms. The van der Waals surface area contributed by atoms with Gasteiger partial charge in [0, 0.05) is 40.6 Å². The van der Waals surface area contributed by atoms with Gasteiger partial charge in [-0.1, -0.05) is 225 Å². The molecule has 0 radical (unpaired) electrons. The highest BCUT2D eigenvalue weighted by molar-refractivity contribution is 6.20. The molecule has 4 aliphatic carbocycles. The van der Waals surface area contributed by atoms with E-state index in [9.17, 15) is 0 Å². The topological polar surface area (TPSA) is 6.48 Å². The molecular formula is C78H60N2. The lowest BCUT2D eigenvalue weighted by Crippen LogP contribution is -2.22. The SMILES string of the molecule is C=c1cccc/c1=C/C=C/N(C1=CC=C2C=CC=CC2C1)c1ccc2c(C3=CC=C(C4=CC=CCC4)CC3)c3cc(N(c4ccc5ccccc5c4)c4ccc5ccccc5c4)ccc3c(-c3ccc(-c4ccccc4)cc3)c2c1. The maximum absolute atomic E-state index is 4.35. The number of nitrogens with zero attached hydrogens (tertiary/aromatic N) is 2. The second-order valence-corrected chi connectivity index (χ2v) is 21.6. The van der Waals surface area contributed by atoms with Crippen LogP contribution in [0.25, 0.3) is 83.6 Å². The molecule has 10 aromatic carbocycles.